The van der Waals surface area contributed by atoms with Crippen LogP contribution < -0.4 is 4.90 Å². The molecule has 4 heteroatoms. The van der Waals surface area contributed by atoms with Crippen LogP contribution in [0.1, 0.15) is 0 Å². The second kappa shape index (κ2) is 8.88. The molecule has 0 unspecified atom stereocenters. The van der Waals surface area contributed by atoms with Gasteiger partial charge in [-0.2, -0.15) is 0 Å². The van der Waals surface area contributed by atoms with Gasteiger partial charge in [-0.25, -0.2) is 9.97 Å². The molecule has 5 aromatic carbocycles. The number of anilines is 3. The standard InChI is InChI=1S/C38H24N4/c1-2-10-25(11-3-1)27-18-19-32-29(22-27)31-23-30-28-14-8-12-26-13-9-15-33(38(26)28)42(37-17-5-7-21-40-37)34(30)24-35(31)41(32)36-16-4-6-20-39-36/h1-24H. The van der Waals surface area contributed by atoms with E-state index in [4.69, 9.17) is 9.97 Å². The average Bonchev–Trinajstić information content (AvgIpc) is 3.38. The second-order valence-corrected chi connectivity index (χ2v) is 10.7. The van der Waals surface area contributed by atoms with E-state index < -0.39 is 0 Å². The van der Waals surface area contributed by atoms with Gasteiger partial charge in [0.15, 0.2) is 0 Å². The molecule has 196 valence electrons. The van der Waals surface area contributed by atoms with Crippen molar-refractivity contribution in [2.75, 3.05) is 4.90 Å². The number of aromatic nitrogens is 3. The molecule has 42 heavy (non-hydrogen) atoms. The molecule has 4 heterocycles. The molecule has 0 N–H and O–H groups in total. The zero-order chi connectivity index (χ0) is 27.6. The molecule has 0 fully saturated rings. The number of hydrogen-bond acceptors (Lipinski definition) is 3. The van der Waals surface area contributed by atoms with E-state index in [1.807, 2.05) is 30.6 Å². The third-order valence-corrected chi connectivity index (χ3v) is 8.40. The molecule has 9 rings (SSSR count). The Balaban J connectivity index is 1.43. The van der Waals surface area contributed by atoms with Crippen molar-refractivity contribution in [1.82, 2.24) is 14.5 Å². The summed E-state index contributed by atoms with van der Waals surface area (Å²) in [5.74, 6) is 1.79. The molecule has 0 amide bonds. The second-order valence-electron chi connectivity index (χ2n) is 10.7. The van der Waals surface area contributed by atoms with Gasteiger partial charge in [-0.1, -0.05) is 78.9 Å². The van der Waals surface area contributed by atoms with Crippen LogP contribution >= 0.6 is 0 Å². The first-order valence-corrected chi connectivity index (χ1v) is 14.2. The van der Waals surface area contributed by atoms with Gasteiger partial charge in [0.2, 0.25) is 0 Å². The lowest BCUT2D eigenvalue weighted by Gasteiger charge is -2.32. The Bertz CT molecular complexity index is 2280. The van der Waals surface area contributed by atoms with Crippen LogP contribution in [-0.2, 0) is 0 Å². The molecular formula is C38H24N4. The van der Waals surface area contributed by atoms with Gasteiger partial charge in [0.1, 0.15) is 11.6 Å². The van der Waals surface area contributed by atoms with Crippen LogP contribution in [0.25, 0.3) is 60.6 Å². The molecule has 0 radical (unpaired) electrons. The first kappa shape index (κ1) is 23.0. The average molecular weight is 537 g/mol. The van der Waals surface area contributed by atoms with E-state index in [0.717, 1.165) is 34.0 Å². The number of rotatable bonds is 3. The van der Waals surface area contributed by atoms with E-state index in [1.165, 1.54) is 43.8 Å². The SMILES string of the molecule is c1ccc(-c2ccc3c(c2)c2cc4c(cc2n3-c2ccccn2)N(c2ccccn2)c2cccc3cccc-4c23)cc1. The summed E-state index contributed by atoms with van der Waals surface area (Å²) in [6.45, 7) is 0. The molecule has 0 saturated heterocycles. The van der Waals surface area contributed by atoms with Crippen LogP contribution in [0.4, 0.5) is 17.2 Å². The first-order chi connectivity index (χ1) is 20.8. The number of hydrogen-bond donors (Lipinski definition) is 0. The summed E-state index contributed by atoms with van der Waals surface area (Å²) in [5.41, 5.74) is 9.33. The Hall–Kier alpha value is -5.74. The lowest BCUT2D eigenvalue weighted by Crippen LogP contribution is -2.16. The molecule has 0 bridgehead atoms. The third-order valence-electron chi connectivity index (χ3n) is 8.40. The molecule has 0 aliphatic carbocycles. The maximum absolute atomic E-state index is 4.82. The molecule has 1 aliphatic rings. The normalized spacial score (nSPS) is 12.2. The summed E-state index contributed by atoms with van der Waals surface area (Å²) in [6, 6.07) is 47.4. The number of pyridine rings is 2. The summed E-state index contributed by atoms with van der Waals surface area (Å²) >= 11 is 0. The van der Waals surface area contributed by atoms with Crippen molar-refractivity contribution < 1.29 is 0 Å². The van der Waals surface area contributed by atoms with Crippen molar-refractivity contribution in [3.8, 4) is 28.1 Å². The summed E-state index contributed by atoms with van der Waals surface area (Å²) in [7, 11) is 0. The fourth-order valence-electron chi connectivity index (χ4n) is 6.59. The lowest BCUT2D eigenvalue weighted by atomic mass is 9.90. The highest BCUT2D eigenvalue weighted by atomic mass is 15.2. The van der Waals surface area contributed by atoms with Gasteiger partial charge in [-0.3, -0.25) is 9.47 Å². The first-order valence-electron chi connectivity index (χ1n) is 14.2. The molecular weight excluding hydrogens is 512 g/mol. The molecule has 3 aromatic heterocycles. The maximum Gasteiger partial charge on any atom is 0.137 e. The van der Waals surface area contributed by atoms with Crippen molar-refractivity contribution >= 4 is 49.8 Å². The van der Waals surface area contributed by atoms with Crippen molar-refractivity contribution in [3.63, 3.8) is 0 Å². The number of nitrogens with zero attached hydrogens (tertiary/aromatic N) is 4. The van der Waals surface area contributed by atoms with Gasteiger partial charge < -0.3 is 0 Å². The third kappa shape index (κ3) is 3.29. The smallest absolute Gasteiger partial charge is 0.137 e. The Morgan fingerprint density at radius 3 is 1.98 bits per heavy atom. The summed E-state index contributed by atoms with van der Waals surface area (Å²) in [5, 5.41) is 4.87. The summed E-state index contributed by atoms with van der Waals surface area (Å²) < 4.78 is 2.29. The zero-order valence-corrected chi connectivity index (χ0v) is 22.6. The van der Waals surface area contributed by atoms with Crippen molar-refractivity contribution in [2.45, 2.75) is 0 Å². The fraction of sp³-hybridized carbons (Fsp3) is 0. The summed E-state index contributed by atoms with van der Waals surface area (Å²) in [6.07, 6.45) is 3.73. The summed E-state index contributed by atoms with van der Waals surface area (Å²) in [4.78, 5) is 11.9. The Labute approximate surface area is 242 Å². The van der Waals surface area contributed by atoms with E-state index >= 15 is 0 Å². The molecule has 0 spiro atoms. The van der Waals surface area contributed by atoms with Crippen molar-refractivity contribution in [3.05, 3.63) is 146 Å². The van der Waals surface area contributed by atoms with Crippen LogP contribution in [-0.4, -0.2) is 14.5 Å². The Morgan fingerprint density at radius 1 is 0.452 bits per heavy atom. The highest BCUT2D eigenvalue weighted by Gasteiger charge is 2.28. The van der Waals surface area contributed by atoms with Gasteiger partial charge in [0, 0.05) is 34.1 Å². The topological polar surface area (TPSA) is 34.0 Å². The monoisotopic (exact) mass is 536 g/mol. The van der Waals surface area contributed by atoms with Gasteiger partial charge in [0.25, 0.3) is 0 Å². The van der Waals surface area contributed by atoms with E-state index in [0.29, 0.717) is 0 Å². The quantitative estimate of drug-likeness (QED) is 0.225. The molecule has 0 saturated carbocycles. The fourth-order valence-corrected chi connectivity index (χ4v) is 6.59. The highest BCUT2D eigenvalue weighted by Crippen LogP contribution is 2.52. The van der Waals surface area contributed by atoms with Crippen molar-refractivity contribution in [1.29, 1.82) is 0 Å². The predicted molar refractivity (Wildman–Crippen MR) is 173 cm³/mol. The molecule has 4 nitrogen and oxygen atoms in total. The highest BCUT2D eigenvalue weighted by molar-refractivity contribution is 6.19. The van der Waals surface area contributed by atoms with Crippen LogP contribution in [0, 0.1) is 0 Å². The van der Waals surface area contributed by atoms with Gasteiger partial charge in [-0.05, 0) is 76.7 Å². The Kier molecular flexibility index (Phi) is 4.87. The maximum atomic E-state index is 4.82. The van der Waals surface area contributed by atoms with Gasteiger partial charge >= 0.3 is 0 Å². The van der Waals surface area contributed by atoms with Crippen molar-refractivity contribution in [2.24, 2.45) is 0 Å². The van der Waals surface area contributed by atoms with Crippen LogP contribution in [0.5, 0.6) is 0 Å². The van der Waals surface area contributed by atoms with E-state index in [-0.39, 0.29) is 0 Å². The molecule has 0 atom stereocenters. The van der Waals surface area contributed by atoms with Gasteiger partial charge in [0.05, 0.1) is 22.4 Å². The Morgan fingerprint density at radius 2 is 1.19 bits per heavy atom. The minimum Gasteiger partial charge on any atom is -0.294 e. The van der Waals surface area contributed by atoms with Crippen LogP contribution in [0.3, 0.4) is 0 Å². The zero-order valence-electron chi connectivity index (χ0n) is 22.6. The van der Waals surface area contributed by atoms with Gasteiger partial charge in [-0.15, -0.1) is 0 Å². The van der Waals surface area contributed by atoms with E-state index in [2.05, 4.69) is 125 Å². The molecule has 1 aliphatic heterocycles. The van der Waals surface area contributed by atoms with Crippen LogP contribution in [0.15, 0.2) is 146 Å². The lowest BCUT2D eigenvalue weighted by molar-refractivity contribution is 1.08. The van der Waals surface area contributed by atoms with E-state index in [9.17, 15) is 0 Å². The number of fused-ring (bicyclic) bond motifs is 5. The minimum absolute atomic E-state index is 0.895. The predicted octanol–water partition coefficient (Wildman–Crippen LogP) is 9.84. The largest absolute Gasteiger partial charge is 0.294 e. The van der Waals surface area contributed by atoms with E-state index in [1.54, 1.807) is 0 Å². The van der Waals surface area contributed by atoms with Crippen LogP contribution in [0.2, 0.25) is 0 Å². The number of benzene rings is 5. The minimum atomic E-state index is 0.895. The molecule has 8 aromatic rings.